The Balaban J connectivity index is 2.70. The molecule has 1 rings (SSSR count). The molecule has 0 aromatic rings. The molecule has 4 N–H and O–H groups in total. The maximum absolute atomic E-state index is 11.2. The second kappa shape index (κ2) is 5.33. The summed E-state index contributed by atoms with van der Waals surface area (Å²) in [6, 6.07) is 0. The largest absolute Gasteiger partial charge is 0.340 e. The van der Waals surface area contributed by atoms with E-state index in [1.165, 1.54) is 0 Å². The van der Waals surface area contributed by atoms with Crippen molar-refractivity contribution in [1.82, 2.24) is 0 Å². The predicted molar refractivity (Wildman–Crippen MR) is 67.1 cm³/mol. The number of quaternary nitrogens is 1. The van der Waals surface area contributed by atoms with Gasteiger partial charge in [0, 0.05) is 0 Å². The molecule has 1 saturated heterocycles. The Morgan fingerprint density at radius 2 is 1.44 bits per heavy atom. The Morgan fingerprint density at radius 3 is 1.78 bits per heavy atom. The van der Waals surface area contributed by atoms with Crippen molar-refractivity contribution >= 4 is 15.2 Å². The SMILES string of the molecule is C[N+]1(C)CCC(CC(P(=O)(O)O)P(=O)(O)O)CC1. The lowest BCUT2D eigenvalue weighted by atomic mass is 9.93. The topological polar surface area (TPSA) is 115 Å². The van der Waals surface area contributed by atoms with Crippen molar-refractivity contribution in [3.05, 3.63) is 0 Å². The van der Waals surface area contributed by atoms with Gasteiger partial charge in [-0.15, -0.1) is 0 Å². The third-order valence-corrected chi connectivity index (χ3v) is 7.39. The summed E-state index contributed by atoms with van der Waals surface area (Å²) in [6.07, 6.45) is 1.38. The van der Waals surface area contributed by atoms with Gasteiger partial charge in [0.1, 0.15) is 0 Å². The summed E-state index contributed by atoms with van der Waals surface area (Å²) in [5.41, 5.74) is 0. The summed E-state index contributed by atoms with van der Waals surface area (Å²) >= 11 is 0. The predicted octanol–water partition coefficient (Wildman–Crippen LogP) is 0.544. The van der Waals surface area contributed by atoms with E-state index in [-0.39, 0.29) is 12.3 Å². The average Bonchev–Trinajstić information content (AvgIpc) is 2.12. The van der Waals surface area contributed by atoms with Crippen LogP contribution in [0.2, 0.25) is 0 Å². The van der Waals surface area contributed by atoms with Crippen molar-refractivity contribution in [2.45, 2.75) is 24.7 Å². The third-order valence-electron chi connectivity index (χ3n) is 3.61. The lowest BCUT2D eigenvalue weighted by Gasteiger charge is -2.38. The Morgan fingerprint density at radius 1 is 1.06 bits per heavy atom. The molecule has 0 saturated carbocycles. The van der Waals surface area contributed by atoms with Crippen LogP contribution in [0.15, 0.2) is 0 Å². The molecule has 18 heavy (non-hydrogen) atoms. The molecule has 0 aromatic carbocycles. The maximum Gasteiger partial charge on any atom is 0.340 e. The van der Waals surface area contributed by atoms with Crippen LogP contribution in [0.1, 0.15) is 19.3 Å². The number of hydrogen-bond donors (Lipinski definition) is 4. The second-order valence-electron chi connectivity index (χ2n) is 5.72. The van der Waals surface area contributed by atoms with Gasteiger partial charge in [-0.1, -0.05) is 0 Å². The normalized spacial score (nSPS) is 22.4. The number of hydrogen-bond acceptors (Lipinski definition) is 2. The van der Waals surface area contributed by atoms with Crippen LogP contribution in [0.4, 0.5) is 0 Å². The number of likely N-dealkylation sites (tertiary alicyclic amines) is 1. The Kier molecular flexibility index (Phi) is 4.83. The molecule has 1 fully saturated rings. The minimum atomic E-state index is -4.76. The first kappa shape index (κ1) is 16.3. The molecular formula is C9H22NO6P2+. The van der Waals surface area contributed by atoms with E-state index in [9.17, 15) is 9.13 Å². The third kappa shape index (κ3) is 4.74. The lowest BCUT2D eigenvalue weighted by Crippen LogP contribution is -2.46. The fourth-order valence-corrected chi connectivity index (χ4v) is 5.04. The van der Waals surface area contributed by atoms with E-state index in [4.69, 9.17) is 19.6 Å². The molecule has 1 heterocycles. The quantitative estimate of drug-likeness (QED) is 0.445. The molecule has 0 bridgehead atoms. The van der Waals surface area contributed by atoms with Crippen LogP contribution in [0.5, 0.6) is 0 Å². The lowest BCUT2D eigenvalue weighted by molar-refractivity contribution is -0.896. The van der Waals surface area contributed by atoms with Crippen molar-refractivity contribution in [2.24, 2.45) is 5.92 Å². The fourth-order valence-electron chi connectivity index (χ4n) is 2.32. The van der Waals surface area contributed by atoms with Gasteiger partial charge in [0.05, 0.1) is 27.2 Å². The van der Waals surface area contributed by atoms with Gasteiger partial charge in [0.2, 0.25) is 0 Å². The zero-order valence-electron chi connectivity index (χ0n) is 10.6. The van der Waals surface area contributed by atoms with E-state index in [1.54, 1.807) is 0 Å². The van der Waals surface area contributed by atoms with Crippen molar-refractivity contribution in [3.63, 3.8) is 0 Å². The van der Waals surface area contributed by atoms with E-state index in [2.05, 4.69) is 14.1 Å². The molecular weight excluding hydrogens is 280 g/mol. The van der Waals surface area contributed by atoms with E-state index >= 15 is 0 Å². The molecule has 0 aliphatic carbocycles. The van der Waals surface area contributed by atoms with Crippen LogP contribution in [-0.4, -0.2) is 56.6 Å². The van der Waals surface area contributed by atoms with E-state index in [1.807, 2.05) is 0 Å². The van der Waals surface area contributed by atoms with Gasteiger partial charge in [0.15, 0.2) is 5.40 Å². The van der Waals surface area contributed by atoms with Crippen molar-refractivity contribution in [2.75, 3.05) is 27.2 Å². The van der Waals surface area contributed by atoms with Gasteiger partial charge in [-0.3, -0.25) is 9.13 Å². The molecule has 1 aliphatic rings. The summed E-state index contributed by atoms with van der Waals surface area (Å²) in [5, 5.41) is -1.84. The van der Waals surface area contributed by atoms with Crippen molar-refractivity contribution in [3.8, 4) is 0 Å². The highest BCUT2D eigenvalue weighted by atomic mass is 31.2. The summed E-state index contributed by atoms with van der Waals surface area (Å²) in [5.74, 6) is -0.0265. The number of nitrogens with zero attached hydrogens (tertiary/aromatic N) is 1. The average molecular weight is 302 g/mol. The van der Waals surface area contributed by atoms with Crippen molar-refractivity contribution < 1.29 is 33.2 Å². The molecule has 0 atom stereocenters. The summed E-state index contributed by atoms with van der Waals surface area (Å²) in [4.78, 5) is 36.2. The van der Waals surface area contributed by atoms with Gasteiger partial charge in [-0.05, 0) is 25.2 Å². The molecule has 7 nitrogen and oxygen atoms in total. The fraction of sp³-hybridized carbons (Fsp3) is 1.00. The Bertz CT molecular complexity index is 355. The van der Waals surface area contributed by atoms with Crippen LogP contribution in [-0.2, 0) is 9.13 Å². The summed E-state index contributed by atoms with van der Waals surface area (Å²) < 4.78 is 23.2. The summed E-state index contributed by atoms with van der Waals surface area (Å²) in [6.45, 7) is 1.72. The van der Waals surface area contributed by atoms with Crippen LogP contribution >= 0.6 is 15.2 Å². The second-order valence-corrected chi connectivity index (χ2v) is 9.73. The molecule has 0 aromatic heterocycles. The van der Waals surface area contributed by atoms with Crippen LogP contribution < -0.4 is 0 Å². The van der Waals surface area contributed by atoms with Crippen molar-refractivity contribution in [1.29, 1.82) is 0 Å². The van der Waals surface area contributed by atoms with Crippen LogP contribution in [0.25, 0.3) is 0 Å². The first-order valence-electron chi connectivity index (χ1n) is 5.84. The molecule has 0 radical (unpaired) electrons. The van der Waals surface area contributed by atoms with Crippen LogP contribution in [0.3, 0.4) is 0 Å². The van der Waals surface area contributed by atoms with E-state index in [0.717, 1.165) is 30.4 Å². The standard InChI is InChI=1S/C9H21NO6P2/c1-10(2)5-3-8(4-6-10)7-9(17(11,12)13)18(14,15)16/h8-9H,3-7H2,1-2H3,(H3-,11,12,13,14,15,16)/p+1. The summed E-state index contributed by atoms with van der Waals surface area (Å²) in [7, 11) is -5.39. The zero-order valence-corrected chi connectivity index (χ0v) is 12.4. The molecule has 0 amide bonds. The highest BCUT2D eigenvalue weighted by Gasteiger charge is 2.45. The van der Waals surface area contributed by atoms with Gasteiger partial charge in [-0.2, -0.15) is 0 Å². The van der Waals surface area contributed by atoms with E-state index < -0.39 is 20.6 Å². The molecule has 9 heteroatoms. The van der Waals surface area contributed by atoms with Gasteiger partial charge >= 0.3 is 15.2 Å². The molecule has 108 valence electrons. The molecule has 1 aliphatic heterocycles. The minimum Gasteiger partial charge on any atom is -0.328 e. The maximum atomic E-state index is 11.2. The smallest absolute Gasteiger partial charge is 0.328 e. The first-order valence-corrected chi connectivity index (χ1v) is 9.20. The van der Waals surface area contributed by atoms with Gasteiger partial charge in [0.25, 0.3) is 0 Å². The Labute approximate surface area is 107 Å². The zero-order chi connectivity index (χ0) is 14.2. The molecule has 0 unspecified atom stereocenters. The highest BCUT2D eigenvalue weighted by molar-refractivity contribution is 7.70. The first-order chi connectivity index (χ1) is 7.92. The van der Waals surface area contributed by atoms with Gasteiger partial charge in [-0.25, -0.2) is 0 Å². The van der Waals surface area contributed by atoms with Crippen LogP contribution in [0, 0.1) is 5.92 Å². The minimum absolute atomic E-state index is 0.0265. The Hall–Kier alpha value is 0.260. The highest BCUT2D eigenvalue weighted by Crippen LogP contribution is 2.62. The molecule has 0 spiro atoms. The van der Waals surface area contributed by atoms with Gasteiger partial charge < -0.3 is 24.1 Å². The van der Waals surface area contributed by atoms with E-state index in [0.29, 0.717) is 0 Å². The monoisotopic (exact) mass is 302 g/mol. The number of piperidine rings is 1. The number of rotatable bonds is 4.